The molecule has 0 aromatic heterocycles. The molecule has 0 aliphatic rings. The predicted molar refractivity (Wildman–Crippen MR) is 57.9 cm³/mol. The number of carboxylic acids is 1. The lowest BCUT2D eigenvalue weighted by Gasteiger charge is -2.12. The monoisotopic (exact) mass is 276 g/mol. The Labute approximate surface area is 104 Å². The normalized spacial score (nSPS) is 11.1. The number of hydrogen-bond acceptors (Lipinski definition) is 4. The van der Waals surface area contributed by atoms with Gasteiger partial charge in [0.15, 0.2) is 0 Å². The summed E-state index contributed by atoms with van der Waals surface area (Å²) in [6.07, 6.45) is 0. The van der Waals surface area contributed by atoms with Gasteiger partial charge in [0.1, 0.15) is 0 Å². The molecule has 96 valence electrons. The first-order valence-corrected chi connectivity index (χ1v) is 5.36. The molecule has 0 amide bonds. The summed E-state index contributed by atoms with van der Waals surface area (Å²) in [5, 5.41) is 17.5. The van der Waals surface area contributed by atoms with Crippen molar-refractivity contribution in [1.29, 1.82) is 5.26 Å². The number of hydrogen-bond donors (Lipinski definition) is 2. The SMILES string of the molecule is N#Cc1cc(SC(F)(F)F)c(CN)c(C(=O)O)c1. The summed E-state index contributed by atoms with van der Waals surface area (Å²) in [6.45, 7) is -0.355. The fraction of sp³-hybridized carbons (Fsp3) is 0.200. The van der Waals surface area contributed by atoms with Crippen molar-refractivity contribution in [2.45, 2.75) is 16.9 Å². The van der Waals surface area contributed by atoms with Crippen molar-refractivity contribution in [2.75, 3.05) is 0 Å². The summed E-state index contributed by atoms with van der Waals surface area (Å²) < 4.78 is 37.0. The maximum atomic E-state index is 12.3. The summed E-state index contributed by atoms with van der Waals surface area (Å²) in [5.41, 5.74) is 0.0197. The van der Waals surface area contributed by atoms with E-state index in [2.05, 4.69) is 0 Å². The van der Waals surface area contributed by atoms with Crippen molar-refractivity contribution in [1.82, 2.24) is 0 Å². The molecular formula is C10H7F3N2O2S. The summed E-state index contributed by atoms with van der Waals surface area (Å²) in [7, 11) is 0. The van der Waals surface area contributed by atoms with Crippen molar-refractivity contribution in [3.8, 4) is 6.07 Å². The second kappa shape index (κ2) is 5.29. The molecule has 0 aliphatic carbocycles. The maximum Gasteiger partial charge on any atom is 0.446 e. The predicted octanol–water partition coefficient (Wildman–Crippen LogP) is 2.33. The molecule has 0 radical (unpaired) electrons. The zero-order valence-electron chi connectivity index (χ0n) is 8.78. The van der Waals surface area contributed by atoms with Crippen LogP contribution in [0.3, 0.4) is 0 Å². The van der Waals surface area contributed by atoms with Crippen molar-refractivity contribution in [3.05, 3.63) is 28.8 Å². The topological polar surface area (TPSA) is 87.1 Å². The van der Waals surface area contributed by atoms with Crippen LogP contribution in [0.1, 0.15) is 21.5 Å². The fourth-order valence-electron chi connectivity index (χ4n) is 1.33. The first-order chi connectivity index (χ1) is 8.28. The zero-order valence-corrected chi connectivity index (χ0v) is 9.60. The van der Waals surface area contributed by atoms with Gasteiger partial charge in [-0.15, -0.1) is 0 Å². The van der Waals surface area contributed by atoms with E-state index in [4.69, 9.17) is 16.1 Å². The van der Waals surface area contributed by atoms with Crippen LogP contribution in [0.4, 0.5) is 13.2 Å². The van der Waals surface area contributed by atoms with Gasteiger partial charge in [-0.2, -0.15) is 18.4 Å². The first-order valence-electron chi connectivity index (χ1n) is 4.54. The lowest BCUT2D eigenvalue weighted by atomic mass is 10.0. The molecule has 18 heavy (non-hydrogen) atoms. The standard InChI is InChI=1S/C10H7F3N2O2S/c11-10(12,13)18-8-2-5(3-14)1-6(9(16)17)7(8)4-15/h1-2H,4,15H2,(H,16,17). The number of aromatic carboxylic acids is 1. The van der Waals surface area contributed by atoms with Crippen molar-refractivity contribution in [2.24, 2.45) is 5.73 Å². The fourth-order valence-corrected chi connectivity index (χ4v) is 2.08. The van der Waals surface area contributed by atoms with Gasteiger partial charge in [-0.25, -0.2) is 4.79 Å². The number of nitrogens with two attached hydrogens (primary N) is 1. The second-order valence-electron chi connectivity index (χ2n) is 3.17. The Kier molecular flexibility index (Phi) is 4.21. The molecule has 0 unspecified atom stereocenters. The molecule has 0 saturated heterocycles. The summed E-state index contributed by atoms with van der Waals surface area (Å²) in [4.78, 5) is 10.6. The smallest absolute Gasteiger partial charge is 0.446 e. The van der Waals surface area contributed by atoms with E-state index in [9.17, 15) is 18.0 Å². The molecule has 1 rings (SSSR count). The van der Waals surface area contributed by atoms with E-state index >= 15 is 0 Å². The van der Waals surface area contributed by atoms with Crippen LogP contribution >= 0.6 is 11.8 Å². The number of halogens is 3. The molecule has 0 aliphatic heterocycles. The average molecular weight is 276 g/mol. The van der Waals surface area contributed by atoms with Gasteiger partial charge in [-0.3, -0.25) is 0 Å². The highest BCUT2D eigenvalue weighted by Crippen LogP contribution is 2.39. The van der Waals surface area contributed by atoms with Gasteiger partial charge >= 0.3 is 11.5 Å². The summed E-state index contributed by atoms with van der Waals surface area (Å²) in [5.74, 6) is -1.42. The molecule has 0 heterocycles. The van der Waals surface area contributed by atoms with E-state index in [0.717, 1.165) is 12.1 Å². The van der Waals surface area contributed by atoms with Crippen molar-refractivity contribution >= 4 is 17.7 Å². The molecule has 0 saturated carbocycles. The Balaban J connectivity index is 3.44. The Bertz CT molecular complexity index is 523. The van der Waals surface area contributed by atoms with Gasteiger partial charge in [0, 0.05) is 11.4 Å². The van der Waals surface area contributed by atoms with Crippen LogP contribution in [0.15, 0.2) is 17.0 Å². The van der Waals surface area contributed by atoms with Gasteiger partial charge in [-0.05, 0) is 29.5 Å². The molecule has 3 N–H and O–H groups in total. The number of carboxylic acid groups (broad SMARTS) is 1. The highest BCUT2D eigenvalue weighted by atomic mass is 32.2. The molecule has 0 atom stereocenters. The maximum absolute atomic E-state index is 12.3. The van der Waals surface area contributed by atoms with Crippen molar-refractivity contribution < 1.29 is 23.1 Å². The molecule has 1 aromatic carbocycles. The van der Waals surface area contributed by atoms with Crippen LogP contribution in [0.25, 0.3) is 0 Å². The Morgan fingerprint density at radius 1 is 1.50 bits per heavy atom. The summed E-state index contributed by atoms with van der Waals surface area (Å²) in [6, 6.07) is 3.60. The lowest BCUT2D eigenvalue weighted by molar-refractivity contribution is -0.0328. The molecule has 8 heteroatoms. The second-order valence-corrected chi connectivity index (χ2v) is 4.28. The lowest BCUT2D eigenvalue weighted by Crippen LogP contribution is -2.11. The van der Waals surface area contributed by atoms with Gasteiger partial charge in [0.2, 0.25) is 0 Å². The number of thioether (sulfide) groups is 1. The van der Waals surface area contributed by atoms with Gasteiger partial charge in [0.25, 0.3) is 0 Å². The van der Waals surface area contributed by atoms with E-state index in [0.29, 0.717) is 0 Å². The van der Waals surface area contributed by atoms with E-state index in [1.807, 2.05) is 0 Å². The number of rotatable bonds is 3. The van der Waals surface area contributed by atoms with Crippen LogP contribution < -0.4 is 5.73 Å². The molecule has 1 aromatic rings. The third-order valence-corrected chi connectivity index (χ3v) is 2.81. The van der Waals surface area contributed by atoms with E-state index in [-0.39, 0.29) is 28.1 Å². The number of alkyl halides is 3. The van der Waals surface area contributed by atoms with Gasteiger partial charge in [0.05, 0.1) is 17.2 Å². The van der Waals surface area contributed by atoms with E-state index < -0.39 is 23.2 Å². The van der Waals surface area contributed by atoms with E-state index in [1.165, 1.54) is 0 Å². The first kappa shape index (κ1) is 14.3. The van der Waals surface area contributed by atoms with Crippen molar-refractivity contribution in [3.63, 3.8) is 0 Å². The molecule has 0 fully saturated rings. The van der Waals surface area contributed by atoms with E-state index in [1.54, 1.807) is 6.07 Å². The van der Waals surface area contributed by atoms with Gasteiger partial charge in [-0.1, -0.05) is 0 Å². The highest BCUT2D eigenvalue weighted by Gasteiger charge is 2.31. The van der Waals surface area contributed by atoms with Crippen LogP contribution in [0.5, 0.6) is 0 Å². The van der Waals surface area contributed by atoms with Crippen LogP contribution in [0.2, 0.25) is 0 Å². The average Bonchev–Trinajstić information content (AvgIpc) is 2.25. The summed E-state index contributed by atoms with van der Waals surface area (Å²) >= 11 is -0.481. The number of benzene rings is 1. The number of nitriles is 1. The third-order valence-electron chi connectivity index (χ3n) is 2.00. The molecular weight excluding hydrogens is 269 g/mol. The third kappa shape index (κ3) is 3.38. The largest absolute Gasteiger partial charge is 0.478 e. The Morgan fingerprint density at radius 3 is 2.50 bits per heavy atom. The number of nitrogens with zero attached hydrogens (tertiary/aromatic N) is 1. The van der Waals surface area contributed by atoms with Crippen LogP contribution in [0, 0.1) is 11.3 Å². The highest BCUT2D eigenvalue weighted by molar-refractivity contribution is 8.00. The number of carbonyl (C=O) groups is 1. The minimum absolute atomic E-state index is 0.135. The van der Waals surface area contributed by atoms with Gasteiger partial charge < -0.3 is 10.8 Å². The van der Waals surface area contributed by atoms with Crippen LogP contribution in [-0.4, -0.2) is 16.6 Å². The Hall–Kier alpha value is -1.72. The molecule has 0 bridgehead atoms. The van der Waals surface area contributed by atoms with Crippen LogP contribution in [-0.2, 0) is 6.54 Å². The quantitative estimate of drug-likeness (QED) is 0.827. The minimum atomic E-state index is -4.58. The zero-order chi connectivity index (χ0) is 13.9. The minimum Gasteiger partial charge on any atom is -0.478 e. The Morgan fingerprint density at radius 2 is 2.11 bits per heavy atom. The molecule has 0 spiro atoms. The molecule has 4 nitrogen and oxygen atoms in total.